The zero-order valence-electron chi connectivity index (χ0n) is 16.6. The minimum atomic E-state index is 0.0163. The molecule has 0 saturated carbocycles. The molecule has 1 aromatic carbocycles. The highest BCUT2D eigenvalue weighted by Crippen LogP contribution is 2.29. The number of pyridine rings is 1. The summed E-state index contributed by atoms with van der Waals surface area (Å²) in [5, 5.41) is 0. The Morgan fingerprint density at radius 3 is 2.59 bits per heavy atom. The second-order valence-electron chi connectivity index (χ2n) is 7.68. The van der Waals surface area contributed by atoms with Crippen LogP contribution < -0.4 is 9.64 Å². The summed E-state index contributed by atoms with van der Waals surface area (Å²) >= 11 is 0. The molecule has 150 valence electrons. The summed E-state index contributed by atoms with van der Waals surface area (Å²) in [5.74, 6) is 0.532. The Bertz CT molecular complexity index is 980. The lowest BCUT2D eigenvalue weighted by Crippen LogP contribution is -2.44. The number of piperazine rings is 1. The van der Waals surface area contributed by atoms with E-state index >= 15 is 0 Å². The van der Waals surface area contributed by atoms with Crippen LogP contribution >= 0.6 is 0 Å². The predicted octanol–water partition coefficient (Wildman–Crippen LogP) is 2.61. The van der Waals surface area contributed by atoms with E-state index < -0.39 is 0 Å². The summed E-state index contributed by atoms with van der Waals surface area (Å²) in [6.45, 7) is 5.62. The van der Waals surface area contributed by atoms with Crippen LogP contribution in [0.4, 0.5) is 5.69 Å². The van der Waals surface area contributed by atoms with Crippen LogP contribution in [0.2, 0.25) is 0 Å². The van der Waals surface area contributed by atoms with E-state index in [-0.39, 0.29) is 6.10 Å². The van der Waals surface area contributed by atoms with E-state index in [1.807, 2.05) is 6.07 Å². The Labute approximate surface area is 170 Å². The summed E-state index contributed by atoms with van der Waals surface area (Å²) in [6.07, 6.45) is 4.26. The summed E-state index contributed by atoms with van der Waals surface area (Å²) in [5.41, 5.74) is 4.62. The van der Waals surface area contributed by atoms with Gasteiger partial charge in [0.15, 0.2) is 5.52 Å². The number of hydrogen-bond donors (Lipinski definition) is 0. The molecule has 2 aromatic heterocycles. The number of fused-ring (bicyclic) bond motifs is 1. The van der Waals surface area contributed by atoms with Crippen molar-refractivity contribution >= 4 is 16.7 Å². The van der Waals surface area contributed by atoms with Gasteiger partial charge in [0.05, 0.1) is 24.4 Å². The lowest BCUT2D eigenvalue weighted by atomic mass is 10.1. The molecule has 7 nitrogen and oxygen atoms in total. The molecule has 0 amide bonds. The van der Waals surface area contributed by atoms with Crippen molar-refractivity contribution in [2.75, 3.05) is 51.3 Å². The fourth-order valence-electron chi connectivity index (χ4n) is 3.84. The van der Waals surface area contributed by atoms with Gasteiger partial charge in [-0.1, -0.05) is 12.1 Å². The standard InChI is InChI=1S/C22H25N5O2/c1-26-9-11-27(12-10-26)17-4-2-16(3-5-17)19-14-20-21(24-8-7-23-20)22(25-19)29-18-6-13-28-15-18/h2-5,7-8,14,18H,6,9-13,15H2,1H3/t18-/m1/s1. The first-order chi connectivity index (χ1) is 14.3. The minimum absolute atomic E-state index is 0.0163. The first kappa shape index (κ1) is 18.3. The number of benzene rings is 1. The van der Waals surface area contributed by atoms with Gasteiger partial charge in [0.2, 0.25) is 5.88 Å². The molecule has 0 N–H and O–H groups in total. The fraction of sp³-hybridized carbons (Fsp3) is 0.409. The third-order valence-corrected chi connectivity index (χ3v) is 5.62. The number of aromatic nitrogens is 3. The largest absolute Gasteiger partial charge is 0.470 e. The van der Waals surface area contributed by atoms with Crippen molar-refractivity contribution in [2.24, 2.45) is 0 Å². The average molecular weight is 391 g/mol. The van der Waals surface area contributed by atoms with E-state index in [0.717, 1.165) is 56.0 Å². The second-order valence-corrected chi connectivity index (χ2v) is 7.68. The highest BCUT2D eigenvalue weighted by molar-refractivity contribution is 5.83. The molecular formula is C22H25N5O2. The number of nitrogens with zero attached hydrogens (tertiary/aromatic N) is 5. The van der Waals surface area contributed by atoms with Gasteiger partial charge in [-0.25, -0.2) is 9.97 Å². The summed E-state index contributed by atoms with van der Waals surface area (Å²) in [4.78, 5) is 18.5. The molecule has 2 fully saturated rings. The van der Waals surface area contributed by atoms with Gasteiger partial charge >= 0.3 is 0 Å². The molecule has 3 aromatic rings. The smallest absolute Gasteiger partial charge is 0.243 e. The van der Waals surface area contributed by atoms with Gasteiger partial charge in [0.25, 0.3) is 0 Å². The van der Waals surface area contributed by atoms with Gasteiger partial charge < -0.3 is 19.3 Å². The normalized spacial score (nSPS) is 20.3. The van der Waals surface area contributed by atoms with Crippen molar-refractivity contribution in [3.8, 4) is 17.1 Å². The molecule has 5 rings (SSSR count). The summed E-state index contributed by atoms with van der Waals surface area (Å²) in [6, 6.07) is 10.6. The van der Waals surface area contributed by atoms with Crippen molar-refractivity contribution in [1.29, 1.82) is 0 Å². The van der Waals surface area contributed by atoms with E-state index in [4.69, 9.17) is 14.5 Å². The van der Waals surface area contributed by atoms with E-state index in [2.05, 4.69) is 51.1 Å². The number of hydrogen-bond acceptors (Lipinski definition) is 7. The number of ether oxygens (including phenoxy) is 2. The average Bonchev–Trinajstić information content (AvgIpc) is 3.27. The molecule has 7 heteroatoms. The van der Waals surface area contributed by atoms with Crippen molar-refractivity contribution in [2.45, 2.75) is 12.5 Å². The quantitative estimate of drug-likeness (QED) is 0.677. The van der Waals surface area contributed by atoms with E-state index in [9.17, 15) is 0 Å². The Morgan fingerprint density at radius 1 is 1.03 bits per heavy atom. The van der Waals surface area contributed by atoms with Crippen LogP contribution in [-0.4, -0.2) is 72.4 Å². The molecule has 2 aliphatic rings. The van der Waals surface area contributed by atoms with E-state index in [1.54, 1.807) is 12.4 Å². The van der Waals surface area contributed by atoms with Crippen molar-refractivity contribution < 1.29 is 9.47 Å². The number of anilines is 1. The highest BCUT2D eigenvalue weighted by Gasteiger charge is 2.21. The van der Waals surface area contributed by atoms with Gasteiger partial charge in [0.1, 0.15) is 6.10 Å². The van der Waals surface area contributed by atoms with Gasteiger partial charge in [-0.2, -0.15) is 0 Å². The van der Waals surface area contributed by atoms with Crippen LogP contribution in [0, 0.1) is 0 Å². The third kappa shape index (κ3) is 3.88. The molecule has 1 atom stereocenters. The molecule has 0 bridgehead atoms. The van der Waals surface area contributed by atoms with Gasteiger partial charge in [-0.15, -0.1) is 0 Å². The maximum atomic E-state index is 6.13. The van der Waals surface area contributed by atoms with Gasteiger partial charge in [0, 0.05) is 56.2 Å². The molecule has 4 heterocycles. The molecule has 0 spiro atoms. The second kappa shape index (κ2) is 7.93. The van der Waals surface area contributed by atoms with E-state index in [0.29, 0.717) is 18.0 Å². The first-order valence-electron chi connectivity index (χ1n) is 10.2. The van der Waals surface area contributed by atoms with Gasteiger partial charge in [-0.05, 0) is 25.2 Å². The molecule has 0 radical (unpaired) electrons. The SMILES string of the molecule is CN1CCN(c2ccc(-c3cc4nccnc4c(O[C@@H]4CCOC4)n3)cc2)CC1. The third-order valence-electron chi connectivity index (χ3n) is 5.62. The zero-order chi connectivity index (χ0) is 19.6. The molecule has 2 aliphatic heterocycles. The van der Waals surface area contributed by atoms with Crippen LogP contribution in [0.3, 0.4) is 0 Å². The molecule has 0 unspecified atom stereocenters. The van der Waals surface area contributed by atoms with E-state index in [1.165, 1.54) is 5.69 Å². The zero-order valence-corrected chi connectivity index (χ0v) is 16.6. The summed E-state index contributed by atoms with van der Waals surface area (Å²) in [7, 11) is 2.17. The molecule has 29 heavy (non-hydrogen) atoms. The topological polar surface area (TPSA) is 63.6 Å². The molecular weight excluding hydrogens is 366 g/mol. The van der Waals surface area contributed by atoms with Crippen molar-refractivity contribution in [1.82, 2.24) is 19.9 Å². The molecule has 0 aliphatic carbocycles. The minimum Gasteiger partial charge on any atom is -0.470 e. The highest BCUT2D eigenvalue weighted by atomic mass is 16.5. The Morgan fingerprint density at radius 2 is 1.83 bits per heavy atom. The predicted molar refractivity (Wildman–Crippen MR) is 112 cm³/mol. The Hall–Kier alpha value is -2.77. The fourth-order valence-corrected chi connectivity index (χ4v) is 3.84. The van der Waals surface area contributed by atoms with Gasteiger partial charge in [-0.3, -0.25) is 4.98 Å². The van der Waals surface area contributed by atoms with Crippen LogP contribution in [0.5, 0.6) is 5.88 Å². The maximum Gasteiger partial charge on any atom is 0.243 e. The first-order valence-corrected chi connectivity index (χ1v) is 10.2. The Kier molecular flexibility index (Phi) is 4.99. The lowest BCUT2D eigenvalue weighted by Gasteiger charge is -2.34. The lowest BCUT2D eigenvalue weighted by molar-refractivity contribution is 0.139. The number of likely N-dealkylation sites (N-methyl/N-ethyl adjacent to an activating group) is 1. The van der Waals surface area contributed by atoms with Crippen LogP contribution in [0.1, 0.15) is 6.42 Å². The number of rotatable bonds is 4. The van der Waals surface area contributed by atoms with Crippen molar-refractivity contribution in [3.63, 3.8) is 0 Å². The van der Waals surface area contributed by atoms with Crippen LogP contribution in [0.15, 0.2) is 42.7 Å². The van der Waals surface area contributed by atoms with Crippen molar-refractivity contribution in [3.05, 3.63) is 42.7 Å². The van der Waals surface area contributed by atoms with Crippen LogP contribution in [-0.2, 0) is 4.74 Å². The van der Waals surface area contributed by atoms with Crippen LogP contribution in [0.25, 0.3) is 22.3 Å². The summed E-state index contributed by atoms with van der Waals surface area (Å²) < 4.78 is 11.6. The molecule has 2 saturated heterocycles. The Balaban J connectivity index is 1.44. The maximum absolute atomic E-state index is 6.13. The monoisotopic (exact) mass is 391 g/mol.